The lowest BCUT2D eigenvalue weighted by Gasteiger charge is -2.42. The highest BCUT2D eigenvalue weighted by Crippen LogP contribution is 2.56. The van der Waals surface area contributed by atoms with Crippen LogP contribution in [0.2, 0.25) is 5.02 Å². The van der Waals surface area contributed by atoms with Gasteiger partial charge in [-0.1, -0.05) is 29.3 Å². The summed E-state index contributed by atoms with van der Waals surface area (Å²) in [6.45, 7) is 0. The van der Waals surface area contributed by atoms with Gasteiger partial charge >= 0.3 is 12.4 Å². The normalized spacial score (nSPS) is 25.5. The van der Waals surface area contributed by atoms with Crippen molar-refractivity contribution in [2.45, 2.75) is 31.1 Å². The first-order valence-electron chi connectivity index (χ1n) is 13.0. The number of imide groups is 1. The number of fused-ring (bicyclic) bond motifs is 3. The molecule has 4 unspecified atom stereocenters. The summed E-state index contributed by atoms with van der Waals surface area (Å²) in [5.74, 6) is -7.56. The number of alkyl halides is 6. The van der Waals surface area contributed by atoms with E-state index in [9.17, 15) is 50.6 Å². The van der Waals surface area contributed by atoms with Crippen LogP contribution in [-0.2, 0) is 31.5 Å². The van der Waals surface area contributed by atoms with Crippen LogP contribution in [0.25, 0.3) is 0 Å². The zero-order valence-electron chi connectivity index (χ0n) is 21.9. The molecule has 1 saturated heterocycles. The second-order valence-electron chi connectivity index (χ2n) is 10.9. The number of carbonyl (C=O) groups excluding carboxylic acids is 4. The number of Topliss-reactive ketones (excluding diaryl/α,β-unsaturated/α-hetero) is 1. The van der Waals surface area contributed by atoms with E-state index < -0.39 is 76.2 Å². The number of hydrogen-bond acceptors (Lipinski definition) is 5. The number of anilines is 1. The maximum absolute atomic E-state index is 13.9. The molecule has 6 rings (SSSR count). The Balaban J connectivity index is 1.49. The molecule has 44 heavy (non-hydrogen) atoms. The Morgan fingerprint density at radius 1 is 0.886 bits per heavy atom. The van der Waals surface area contributed by atoms with E-state index in [4.69, 9.17) is 11.6 Å². The molecule has 1 N–H and O–H groups in total. The van der Waals surface area contributed by atoms with Crippen molar-refractivity contribution >= 4 is 56.6 Å². The molecule has 6 nitrogen and oxygen atoms in total. The number of phenolic OH excluding ortho intramolecular Hbond substituents is 1. The van der Waals surface area contributed by atoms with Crippen molar-refractivity contribution in [2.75, 3.05) is 4.90 Å². The van der Waals surface area contributed by atoms with Crippen molar-refractivity contribution in [3.63, 3.8) is 0 Å². The van der Waals surface area contributed by atoms with E-state index in [2.05, 4.69) is 15.9 Å². The fourth-order valence-electron chi connectivity index (χ4n) is 6.63. The van der Waals surface area contributed by atoms with E-state index in [1.165, 1.54) is 18.2 Å². The SMILES string of the molecule is O=C1C=C(Br)C(=O)C2=C1C(c1ccc(O)cc1Cl)C1=CCC3C(=O)N(c4cc(C(F)(F)F)cc(C(F)(F)F)c4)C(=O)C3C1C2. The first-order valence-corrected chi connectivity index (χ1v) is 14.2. The number of benzene rings is 2. The summed E-state index contributed by atoms with van der Waals surface area (Å²) in [4.78, 5) is 54.4. The molecule has 14 heteroatoms. The summed E-state index contributed by atoms with van der Waals surface area (Å²) in [5, 5.41) is 9.96. The highest BCUT2D eigenvalue weighted by Gasteiger charge is 2.57. The van der Waals surface area contributed by atoms with Crippen molar-refractivity contribution < 1.29 is 50.6 Å². The minimum Gasteiger partial charge on any atom is -0.508 e. The minimum atomic E-state index is -5.21. The van der Waals surface area contributed by atoms with Crippen LogP contribution < -0.4 is 4.90 Å². The average molecular weight is 701 g/mol. The third kappa shape index (κ3) is 4.71. The minimum absolute atomic E-state index is 0.0402. The van der Waals surface area contributed by atoms with Gasteiger partial charge in [-0.25, -0.2) is 4.90 Å². The topological polar surface area (TPSA) is 91.8 Å². The lowest BCUT2D eigenvalue weighted by atomic mass is 9.59. The van der Waals surface area contributed by atoms with E-state index in [0.717, 1.165) is 6.08 Å². The van der Waals surface area contributed by atoms with E-state index in [0.29, 0.717) is 28.2 Å². The van der Waals surface area contributed by atoms with Gasteiger partial charge in [0.2, 0.25) is 11.8 Å². The summed E-state index contributed by atoms with van der Waals surface area (Å²) in [7, 11) is 0. The number of allylic oxidation sites excluding steroid dienone is 6. The van der Waals surface area contributed by atoms with E-state index in [1.54, 1.807) is 6.08 Å². The fraction of sp³-hybridized carbons (Fsp3) is 0.267. The van der Waals surface area contributed by atoms with Gasteiger partial charge in [0.15, 0.2) is 11.6 Å². The van der Waals surface area contributed by atoms with Crippen LogP contribution in [0.3, 0.4) is 0 Å². The molecule has 2 aromatic carbocycles. The first kappa shape index (κ1) is 30.3. The van der Waals surface area contributed by atoms with Gasteiger partial charge in [0.05, 0.1) is 33.1 Å². The lowest BCUT2D eigenvalue weighted by Crippen LogP contribution is -2.39. The number of nitrogens with zero attached hydrogens (tertiary/aromatic N) is 1. The third-order valence-electron chi connectivity index (χ3n) is 8.46. The molecule has 0 radical (unpaired) electrons. The number of amides is 2. The van der Waals surface area contributed by atoms with Gasteiger partial charge in [-0.2, -0.15) is 26.3 Å². The monoisotopic (exact) mass is 699 g/mol. The van der Waals surface area contributed by atoms with E-state index in [1.807, 2.05) is 0 Å². The van der Waals surface area contributed by atoms with Crippen molar-refractivity contribution in [3.8, 4) is 5.75 Å². The predicted molar refractivity (Wildman–Crippen MR) is 147 cm³/mol. The van der Waals surface area contributed by atoms with Crippen molar-refractivity contribution in [1.29, 1.82) is 0 Å². The molecule has 2 amide bonds. The van der Waals surface area contributed by atoms with Crippen molar-refractivity contribution in [1.82, 2.24) is 0 Å². The number of carbonyl (C=O) groups is 4. The second-order valence-corrected chi connectivity index (χ2v) is 12.1. The van der Waals surface area contributed by atoms with Gasteiger partial charge in [0.25, 0.3) is 0 Å². The quantitative estimate of drug-likeness (QED) is 0.157. The van der Waals surface area contributed by atoms with Crippen LogP contribution in [0.15, 0.2) is 69.8 Å². The second kappa shape index (κ2) is 10.2. The number of phenols is 1. The molecule has 4 atom stereocenters. The molecule has 2 aromatic rings. The average Bonchev–Trinajstić information content (AvgIpc) is 3.19. The molecular formula is C30H17BrClF6NO5. The van der Waals surface area contributed by atoms with Crippen molar-refractivity contribution in [3.05, 3.63) is 91.5 Å². The Labute approximate surface area is 257 Å². The van der Waals surface area contributed by atoms with Crippen LogP contribution in [0.5, 0.6) is 5.75 Å². The number of rotatable bonds is 2. The summed E-state index contributed by atoms with van der Waals surface area (Å²) in [5.41, 5.74) is -3.34. The number of hydrogen-bond donors (Lipinski definition) is 1. The highest BCUT2D eigenvalue weighted by atomic mass is 79.9. The van der Waals surface area contributed by atoms with Gasteiger partial charge in [0.1, 0.15) is 5.75 Å². The molecule has 228 valence electrons. The smallest absolute Gasteiger partial charge is 0.416 e. The molecule has 1 aliphatic heterocycles. The summed E-state index contributed by atoms with van der Waals surface area (Å²) in [6.07, 6.45) is -8.00. The Bertz CT molecular complexity index is 1760. The van der Waals surface area contributed by atoms with Gasteiger partial charge in [0, 0.05) is 28.2 Å². The first-order chi connectivity index (χ1) is 20.5. The highest BCUT2D eigenvalue weighted by molar-refractivity contribution is 9.12. The standard InChI is InChI=1S/C30H17BrClF6NO5/c31-20-10-22(41)25-19(26(20)42)9-18-15(23(25)16-2-1-14(40)8-21(16)32)3-4-17-24(18)28(44)39(27(17)43)13-6-11(29(33,34)35)5-12(7-13)30(36,37)38/h1-3,5-8,10,17-18,23-24,40H,4,9H2. The Kier molecular flexibility index (Phi) is 7.00. The van der Waals surface area contributed by atoms with Crippen LogP contribution in [0, 0.1) is 17.8 Å². The Morgan fingerprint density at radius 3 is 2.11 bits per heavy atom. The predicted octanol–water partition coefficient (Wildman–Crippen LogP) is 7.05. The molecule has 4 aliphatic rings. The zero-order valence-corrected chi connectivity index (χ0v) is 24.2. The largest absolute Gasteiger partial charge is 0.508 e. The maximum atomic E-state index is 13.9. The zero-order chi connectivity index (χ0) is 32.0. The number of aromatic hydroxyl groups is 1. The van der Waals surface area contributed by atoms with Gasteiger partial charge in [-0.05, 0) is 70.6 Å². The molecular weight excluding hydrogens is 684 g/mol. The molecule has 0 aromatic heterocycles. The van der Waals surface area contributed by atoms with E-state index >= 15 is 0 Å². The Hall–Kier alpha value is -3.71. The lowest BCUT2D eigenvalue weighted by molar-refractivity contribution is -0.143. The summed E-state index contributed by atoms with van der Waals surface area (Å²) in [6, 6.07) is 4.54. The van der Waals surface area contributed by atoms with E-state index in [-0.39, 0.29) is 45.3 Å². The van der Waals surface area contributed by atoms with Crippen LogP contribution >= 0.6 is 27.5 Å². The van der Waals surface area contributed by atoms with Gasteiger partial charge < -0.3 is 5.11 Å². The van der Waals surface area contributed by atoms with Gasteiger partial charge in [-0.15, -0.1) is 0 Å². The maximum Gasteiger partial charge on any atom is 0.416 e. The third-order valence-corrected chi connectivity index (χ3v) is 9.37. The van der Waals surface area contributed by atoms with Crippen LogP contribution in [0.4, 0.5) is 32.0 Å². The van der Waals surface area contributed by atoms with Crippen LogP contribution in [0.1, 0.15) is 35.4 Å². The molecule has 1 fully saturated rings. The fourth-order valence-corrected chi connectivity index (χ4v) is 7.37. The summed E-state index contributed by atoms with van der Waals surface area (Å²) < 4.78 is 81.5. The molecule has 3 aliphatic carbocycles. The molecule has 1 heterocycles. The molecule has 0 saturated carbocycles. The van der Waals surface area contributed by atoms with Crippen molar-refractivity contribution in [2.24, 2.45) is 17.8 Å². The molecule has 0 bridgehead atoms. The summed E-state index contributed by atoms with van der Waals surface area (Å²) >= 11 is 9.54. The van der Waals surface area contributed by atoms with Crippen LogP contribution in [-0.4, -0.2) is 28.5 Å². The molecule has 0 spiro atoms. The van der Waals surface area contributed by atoms with Gasteiger partial charge in [-0.3, -0.25) is 19.2 Å². The number of halogens is 8. The Morgan fingerprint density at radius 2 is 1.52 bits per heavy atom. The number of ketones is 2.